The fourth-order valence-corrected chi connectivity index (χ4v) is 8.99. The van der Waals surface area contributed by atoms with Gasteiger partial charge >= 0.3 is 23.9 Å². The number of carboxylic acid groups (broad SMARTS) is 1. The number of aliphatic hydroxyl groups is 2. The number of aliphatic carboxylic acids is 1. The number of hydrogen-bond donors (Lipinski definition) is 3. The molecular formula is C69H112O12. The van der Waals surface area contributed by atoms with E-state index in [1.54, 1.807) is 0 Å². The van der Waals surface area contributed by atoms with Gasteiger partial charge in [-0.3, -0.25) is 14.4 Å². The summed E-state index contributed by atoms with van der Waals surface area (Å²) in [5.41, 5.74) is 0. The minimum atomic E-state index is -1.92. The fraction of sp³-hybridized carbons (Fsp3) is 0.681. The maximum absolute atomic E-state index is 13.2. The summed E-state index contributed by atoms with van der Waals surface area (Å²) in [4.78, 5) is 51.3. The van der Waals surface area contributed by atoms with Gasteiger partial charge in [-0.25, -0.2) is 4.79 Å². The third-order valence-corrected chi connectivity index (χ3v) is 13.8. The van der Waals surface area contributed by atoms with Gasteiger partial charge in [0.1, 0.15) is 18.8 Å². The molecule has 1 saturated heterocycles. The Kier molecular flexibility index (Phi) is 51.3. The Balaban J connectivity index is 2.71. The number of unbranched alkanes of at least 4 members (excludes halogenated alkanes) is 21. The van der Waals surface area contributed by atoms with Gasteiger partial charge in [-0.1, -0.05) is 220 Å². The van der Waals surface area contributed by atoms with Crippen LogP contribution in [0.2, 0.25) is 0 Å². The van der Waals surface area contributed by atoms with E-state index in [9.17, 15) is 34.5 Å². The number of rotatable bonds is 53. The number of esters is 3. The van der Waals surface area contributed by atoms with Crippen LogP contribution in [-0.2, 0) is 42.9 Å². The van der Waals surface area contributed by atoms with Crippen LogP contribution in [0, 0.1) is 0 Å². The van der Waals surface area contributed by atoms with Crippen molar-refractivity contribution in [1.29, 1.82) is 0 Å². The molecule has 0 radical (unpaired) electrons. The van der Waals surface area contributed by atoms with E-state index in [-0.39, 0.29) is 25.9 Å². The molecule has 0 aliphatic carbocycles. The first-order valence-electron chi connectivity index (χ1n) is 31.9. The highest BCUT2D eigenvalue weighted by Crippen LogP contribution is 2.26. The van der Waals surface area contributed by atoms with Crippen LogP contribution in [0.1, 0.15) is 252 Å². The van der Waals surface area contributed by atoms with Crippen molar-refractivity contribution in [2.24, 2.45) is 0 Å². The third-order valence-electron chi connectivity index (χ3n) is 13.8. The second-order valence-corrected chi connectivity index (χ2v) is 21.3. The number of carbonyl (C=O) groups is 4. The molecule has 1 aliphatic heterocycles. The van der Waals surface area contributed by atoms with Crippen LogP contribution >= 0.6 is 0 Å². The average molecular weight is 1130 g/mol. The van der Waals surface area contributed by atoms with Crippen LogP contribution in [0.3, 0.4) is 0 Å². The molecule has 1 fully saturated rings. The molecule has 0 saturated carbocycles. The molecule has 0 bridgehead atoms. The van der Waals surface area contributed by atoms with Crippen molar-refractivity contribution >= 4 is 23.9 Å². The minimum Gasteiger partial charge on any atom is -0.479 e. The van der Waals surface area contributed by atoms with Crippen molar-refractivity contribution < 1.29 is 58.2 Å². The van der Waals surface area contributed by atoms with E-state index in [0.29, 0.717) is 19.3 Å². The van der Waals surface area contributed by atoms with E-state index in [4.69, 9.17) is 23.7 Å². The van der Waals surface area contributed by atoms with E-state index in [0.717, 1.165) is 135 Å². The van der Waals surface area contributed by atoms with Gasteiger partial charge in [0.25, 0.3) is 0 Å². The molecule has 6 atom stereocenters. The summed E-state index contributed by atoms with van der Waals surface area (Å²) >= 11 is 0. The summed E-state index contributed by atoms with van der Waals surface area (Å²) in [6.07, 6.45) is 63.3. The van der Waals surface area contributed by atoms with Gasteiger partial charge in [-0.2, -0.15) is 0 Å². The quantitative estimate of drug-likeness (QED) is 0.0228. The molecule has 0 aromatic carbocycles. The standard InChI is InChI=1S/C69H112O12/c1-4-7-10-13-16-19-22-25-28-31-34-37-40-43-46-49-52-55-61(70)77-58-60(79-62(71)56-53-50-47-44-41-38-35-32-29-26-23-20-17-14-11-8-5-2)59-78-69-67(65(74)64(73)66(81-69)68(75)76)80-63(72)57-54-51-48-45-42-39-36-33-30-27-24-21-18-15-12-9-6-3/h7,9-10,12,16,18-19,21,25-30,34,36-37,39,60,64-67,69,73-74H,4-6,8,11,13-15,17,20,22-24,31-33,35,38,40-59H2,1-3H3,(H,75,76)/b10-7-,12-9-,19-16-,21-18-,28-25-,29-26-,30-27-,37-34-,39-36-. The van der Waals surface area contributed by atoms with E-state index >= 15 is 0 Å². The van der Waals surface area contributed by atoms with Gasteiger partial charge in [0, 0.05) is 19.3 Å². The zero-order valence-electron chi connectivity index (χ0n) is 50.7. The lowest BCUT2D eigenvalue weighted by Crippen LogP contribution is -2.61. The summed E-state index contributed by atoms with van der Waals surface area (Å²) in [7, 11) is 0. The molecule has 1 rings (SSSR count). The van der Waals surface area contributed by atoms with E-state index in [1.165, 1.54) is 57.8 Å². The molecule has 0 aromatic rings. The zero-order valence-corrected chi connectivity index (χ0v) is 50.7. The molecule has 12 heteroatoms. The lowest BCUT2D eigenvalue weighted by molar-refractivity contribution is -0.301. The van der Waals surface area contributed by atoms with E-state index in [2.05, 4.69) is 130 Å². The van der Waals surface area contributed by atoms with Crippen LogP contribution in [0.4, 0.5) is 0 Å². The fourth-order valence-electron chi connectivity index (χ4n) is 8.99. The van der Waals surface area contributed by atoms with Crippen molar-refractivity contribution in [3.05, 3.63) is 109 Å². The second-order valence-electron chi connectivity index (χ2n) is 21.3. The molecule has 81 heavy (non-hydrogen) atoms. The van der Waals surface area contributed by atoms with Gasteiger partial charge in [-0.15, -0.1) is 0 Å². The van der Waals surface area contributed by atoms with Crippen molar-refractivity contribution in [1.82, 2.24) is 0 Å². The monoisotopic (exact) mass is 1130 g/mol. The molecular weight excluding hydrogens is 1020 g/mol. The maximum Gasteiger partial charge on any atom is 0.335 e. The summed E-state index contributed by atoms with van der Waals surface area (Å²) in [6.45, 7) is 5.74. The van der Waals surface area contributed by atoms with Crippen molar-refractivity contribution in [2.75, 3.05) is 13.2 Å². The van der Waals surface area contributed by atoms with Gasteiger partial charge in [-0.05, 0) is 122 Å². The number of ether oxygens (including phenoxy) is 5. The lowest BCUT2D eigenvalue weighted by atomic mass is 9.98. The number of carbonyl (C=O) groups excluding carboxylic acids is 3. The normalized spacial score (nSPS) is 18.5. The Morgan fingerprint density at radius 3 is 1.20 bits per heavy atom. The molecule has 1 aliphatic rings. The third kappa shape index (κ3) is 45.6. The highest BCUT2D eigenvalue weighted by atomic mass is 16.7. The van der Waals surface area contributed by atoms with Crippen molar-refractivity contribution in [3.63, 3.8) is 0 Å². The lowest BCUT2D eigenvalue weighted by Gasteiger charge is -2.40. The summed E-state index contributed by atoms with van der Waals surface area (Å²) in [5, 5.41) is 31.6. The Morgan fingerprint density at radius 1 is 0.420 bits per heavy atom. The topological polar surface area (TPSA) is 175 Å². The molecule has 3 N–H and O–H groups in total. The van der Waals surface area contributed by atoms with Gasteiger partial charge in [0.2, 0.25) is 0 Å². The summed E-state index contributed by atoms with van der Waals surface area (Å²) < 4.78 is 28.5. The minimum absolute atomic E-state index is 0.0246. The van der Waals surface area contributed by atoms with E-state index in [1.807, 2.05) is 0 Å². The van der Waals surface area contributed by atoms with Gasteiger partial charge in [0.15, 0.2) is 24.6 Å². The maximum atomic E-state index is 13.2. The zero-order chi connectivity index (χ0) is 58.9. The first-order chi connectivity index (χ1) is 39.6. The summed E-state index contributed by atoms with van der Waals surface area (Å²) in [5.74, 6) is -3.19. The predicted octanol–water partition coefficient (Wildman–Crippen LogP) is 17.0. The van der Waals surface area contributed by atoms with Gasteiger partial charge in [0.05, 0.1) is 6.61 Å². The van der Waals surface area contributed by atoms with Crippen molar-refractivity contribution in [2.45, 2.75) is 289 Å². The number of aliphatic hydroxyl groups excluding tert-OH is 2. The van der Waals surface area contributed by atoms with Crippen molar-refractivity contribution in [3.8, 4) is 0 Å². The van der Waals surface area contributed by atoms with Crippen LogP contribution in [-0.4, -0.2) is 89.2 Å². The van der Waals surface area contributed by atoms with Crippen LogP contribution in [0.15, 0.2) is 109 Å². The largest absolute Gasteiger partial charge is 0.479 e. The highest BCUT2D eigenvalue weighted by molar-refractivity contribution is 5.74. The SMILES string of the molecule is CC/C=C\C/C=C\C/C=C\C/C=C\CCCCCCC(=O)OCC(COC1OC(C(=O)O)C(O)C(O)C1OC(=O)CCCCCC/C=C\C/C=C\C/C=C\C/C=C\CC)OC(=O)CCCCCCCCC/C=C\CCCCCCCC. The van der Waals surface area contributed by atoms with Crippen LogP contribution < -0.4 is 0 Å². The predicted molar refractivity (Wildman–Crippen MR) is 330 cm³/mol. The first-order valence-corrected chi connectivity index (χ1v) is 31.9. The van der Waals surface area contributed by atoms with Crippen LogP contribution in [0.25, 0.3) is 0 Å². The molecule has 6 unspecified atom stereocenters. The Hall–Kier alpha value is -4.62. The number of hydrogen-bond acceptors (Lipinski definition) is 11. The second kappa shape index (κ2) is 55.9. The highest BCUT2D eigenvalue weighted by Gasteiger charge is 2.50. The average Bonchev–Trinajstić information content (AvgIpc) is 3.53. The molecule has 0 amide bonds. The molecule has 460 valence electrons. The number of allylic oxidation sites excluding steroid dienone is 18. The number of carboxylic acids is 1. The Bertz CT molecular complexity index is 1820. The van der Waals surface area contributed by atoms with E-state index < -0.39 is 67.3 Å². The molecule has 0 spiro atoms. The Labute approximate surface area is 491 Å². The molecule has 1 heterocycles. The first kappa shape index (κ1) is 74.4. The summed E-state index contributed by atoms with van der Waals surface area (Å²) in [6, 6.07) is 0. The van der Waals surface area contributed by atoms with Crippen LogP contribution in [0.5, 0.6) is 0 Å². The van der Waals surface area contributed by atoms with Gasteiger partial charge < -0.3 is 39.0 Å². The Morgan fingerprint density at radius 2 is 0.778 bits per heavy atom. The molecule has 0 aromatic heterocycles. The molecule has 12 nitrogen and oxygen atoms in total. The smallest absolute Gasteiger partial charge is 0.335 e.